The lowest BCUT2D eigenvalue weighted by molar-refractivity contribution is -0.110. The molecule has 0 bridgehead atoms. The fourth-order valence-corrected chi connectivity index (χ4v) is 5.26. The lowest BCUT2D eigenvalue weighted by Gasteiger charge is -2.26. The number of carbonyl (C=O) groups excluding carboxylic acids is 2. The Labute approximate surface area is 226 Å². The maximum Gasteiger partial charge on any atom is 0.278 e. The van der Waals surface area contributed by atoms with Crippen LogP contribution < -0.4 is 15.8 Å². The van der Waals surface area contributed by atoms with Gasteiger partial charge in [0.05, 0.1) is 18.9 Å². The minimum Gasteiger partial charge on any atom is -0.492 e. The Hall–Kier alpha value is -3.47. The van der Waals surface area contributed by atoms with Crippen LogP contribution in [-0.2, 0) is 19.8 Å². The van der Waals surface area contributed by atoms with Crippen molar-refractivity contribution in [1.82, 2.24) is 4.90 Å². The van der Waals surface area contributed by atoms with E-state index in [0.29, 0.717) is 17.9 Å². The number of oxime groups is 1. The van der Waals surface area contributed by atoms with E-state index in [1.807, 2.05) is 51.1 Å². The van der Waals surface area contributed by atoms with Crippen molar-refractivity contribution < 1.29 is 23.9 Å². The first-order valence-electron chi connectivity index (χ1n) is 12.5. The average Bonchev–Trinajstić information content (AvgIpc) is 3.33. The van der Waals surface area contributed by atoms with Crippen molar-refractivity contribution in [3.63, 3.8) is 0 Å². The minimum atomic E-state index is -0.602. The second-order valence-corrected chi connectivity index (χ2v) is 11.1. The van der Waals surface area contributed by atoms with E-state index in [-0.39, 0.29) is 16.0 Å². The molecule has 1 aliphatic heterocycles. The van der Waals surface area contributed by atoms with Crippen molar-refractivity contribution in [3.05, 3.63) is 57.8 Å². The number of fused-ring (bicyclic) bond motifs is 1. The molecule has 0 radical (unpaired) electrons. The first-order chi connectivity index (χ1) is 18.2. The summed E-state index contributed by atoms with van der Waals surface area (Å²) < 4.78 is 11.6. The van der Waals surface area contributed by atoms with Crippen LogP contribution in [0, 0.1) is 0 Å². The van der Waals surface area contributed by atoms with Crippen molar-refractivity contribution in [2.75, 3.05) is 51.9 Å². The van der Waals surface area contributed by atoms with Crippen LogP contribution in [0.4, 0.5) is 5.69 Å². The predicted octanol–water partition coefficient (Wildman–Crippen LogP) is 4.00. The van der Waals surface area contributed by atoms with Crippen molar-refractivity contribution in [1.29, 1.82) is 0 Å². The fourth-order valence-electron chi connectivity index (χ4n) is 4.24. The molecule has 202 valence electrons. The Morgan fingerprint density at radius 2 is 1.84 bits per heavy atom. The molecule has 1 fully saturated rings. The number of hydrogen-bond acceptors (Lipinski definition) is 8. The molecule has 0 atom stereocenters. The third-order valence-electron chi connectivity index (χ3n) is 6.25. The number of morpholine rings is 1. The third-order valence-corrected chi connectivity index (χ3v) is 7.82. The summed E-state index contributed by atoms with van der Waals surface area (Å²) in [4.78, 5) is 34.2. The normalized spacial score (nSPS) is 14.9. The molecule has 0 saturated carbocycles. The molecule has 3 aromatic rings. The van der Waals surface area contributed by atoms with Gasteiger partial charge in [-0.15, -0.1) is 11.3 Å². The Kier molecular flexibility index (Phi) is 8.65. The van der Waals surface area contributed by atoms with Crippen LogP contribution in [0.15, 0.2) is 47.6 Å². The molecule has 9 nitrogen and oxygen atoms in total. The van der Waals surface area contributed by atoms with Crippen LogP contribution in [0.5, 0.6) is 5.75 Å². The standard InChI is InChI=1S/C28H34N4O5S/c1-28(2,3)23-17-21(25(38-23)26(29)33)30-27(34)24(31-35-4)20-9-10-22(19-8-6-5-7-18(19)20)37-16-13-32-11-14-36-15-12-32/h5-10,17H,11-16H2,1-4H3,(H2,29,33)(H,30,34)/b31-24-. The van der Waals surface area contributed by atoms with E-state index in [0.717, 1.165) is 54.2 Å². The zero-order chi connectivity index (χ0) is 27.3. The molecular weight excluding hydrogens is 504 g/mol. The molecule has 2 amide bonds. The molecule has 4 rings (SSSR count). The molecule has 1 saturated heterocycles. The molecule has 38 heavy (non-hydrogen) atoms. The van der Waals surface area contributed by atoms with Gasteiger partial charge in [-0.25, -0.2) is 0 Å². The number of nitrogens with zero attached hydrogens (tertiary/aromatic N) is 2. The Morgan fingerprint density at radius 1 is 1.13 bits per heavy atom. The van der Waals surface area contributed by atoms with E-state index in [1.165, 1.54) is 18.4 Å². The molecule has 2 aromatic carbocycles. The highest BCUT2D eigenvalue weighted by atomic mass is 32.1. The first-order valence-corrected chi connectivity index (χ1v) is 13.3. The van der Waals surface area contributed by atoms with Crippen molar-refractivity contribution in [3.8, 4) is 5.75 Å². The predicted molar refractivity (Wildman–Crippen MR) is 150 cm³/mol. The van der Waals surface area contributed by atoms with Crippen LogP contribution in [0.2, 0.25) is 0 Å². The largest absolute Gasteiger partial charge is 0.492 e. The second-order valence-electron chi connectivity index (χ2n) is 10.0. The minimum absolute atomic E-state index is 0.0718. The van der Waals surface area contributed by atoms with Crippen LogP contribution in [0.25, 0.3) is 10.8 Å². The number of carbonyl (C=O) groups is 2. The maximum absolute atomic E-state index is 13.5. The van der Waals surface area contributed by atoms with E-state index in [9.17, 15) is 9.59 Å². The molecule has 1 aromatic heterocycles. The van der Waals surface area contributed by atoms with Gasteiger partial charge in [0.2, 0.25) is 0 Å². The van der Waals surface area contributed by atoms with Crippen LogP contribution in [0.3, 0.4) is 0 Å². The van der Waals surface area contributed by atoms with Gasteiger partial charge in [-0.05, 0) is 29.0 Å². The van der Waals surface area contributed by atoms with Crippen LogP contribution in [0.1, 0.15) is 40.9 Å². The quantitative estimate of drug-likeness (QED) is 0.314. The molecule has 0 spiro atoms. The van der Waals surface area contributed by atoms with Gasteiger partial charge in [0.1, 0.15) is 24.3 Å². The number of nitrogens with one attached hydrogen (secondary N) is 1. The van der Waals surface area contributed by atoms with Crippen LogP contribution in [-0.4, -0.2) is 69.0 Å². The number of primary amides is 1. The van der Waals surface area contributed by atoms with Crippen molar-refractivity contribution in [2.45, 2.75) is 26.2 Å². The lowest BCUT2D eigenvalue weighted by Crippen LogP contribution is -2.38. The van der Waals surface area contributed by atoms with Gasteiger partial charge >= 0.3 is 0 Å². The molecular formula is C28H34N4O5S. The molecule has 0 unspecified atom stereocenters. The highest BCUT2D eigenvalue weighted by Gasteiger charge is 2.26. The van der Waals surface area contributed by atoms with Gasteiger partial charge in [-0.1, -0.05) is 50.2 Å². The summed E-state index contributed by atoms with van der Waals surface area (Å²) in [6.07, 6.45) is 0. The number of amides is 2. The summed E-state index contributed by atoms with van der Waals surface area (Å²) >= 11 is 1.27. The van der Waals surface area contributed by atoms with E-state index < -0.39 is 11.8 Å². The molecule has 2 heterocycles. The SMILES string of the molecule is CO/N=C(\C(=O)Nc1cc(C(C)(C)C)sc1C(N)=O)c1ccc(OCCN2CCOCC2)c2ccccc12. The summed E-state index contributed by atoms with van der Waals surface area (Å²) in [6.45, 7) is 10.7. The van der Waals surface area contributed by atoms with Crippen molar-refractivity contribution >= 4 is 45.3 Å². The third kappa shape index (κ3) is 6.32. The number of thiophene rings is 1. The Balaban J connectivity index is 1.61. The Morgan fingerprint density at radius 3 is 2.50 bits per heavy atom. The van der Waals surface area contributed by atoms with Crippen LogP contribution >= 0.6 is 11.3 Å². The molecule has 10 heteroatoms. The number of nitrogens with two attached hydrogens (primary N) is 1. The highest BCUT2D eigenvalue weighted by molar-refractivity contribution is 7.14. The van der Waals surface area contributed by atoms with E-state index in [4.69, 9.17) is 20.0 Å². The molecule has 0 aliphatic carbocycles. The Bertz CT molecular complexity index is 1340. The maximum atomic E-state index is 13.5. The van der Waals surface area contributed by atoms with Gasteiger partial charge in [-0.3, -0.25) is 14.5 Å². The highest BCUT2D eigenvalue weighted by Crippen LogP contribution is 2.36. The monoisotopic (exact) mass is 538 g/mol. The smallest absolute Gasteiger partial charge is 0.278 e. The number of anilines is 1. The zero-order valence-electron chi connectivity index (χ0n) is 22.2. The van der Waals surface area contributed by atoms with Gasteiger partial charge in [0, 0.05) is 35.5 Å². The van der Waals surface area contributed by atoms with E-state index in [1.54, 1.807) is 12.1 Å². The summed E-state index contributed by atoms with van der Waals surface area (Å²) in [5, 5.41) is 8.53. The zero-order valence-corrected chi connectivity index (χ0v) is 23.0. The lowest BCUT2D eigenvalue weighted by atomic mass is 9.94. The van der Waals surface area contributed by atoms with E-state index in [2.05, 4.69) is 15.4 Å². The summed E-state index contributed by atoms with van der Waals surface area (Å²) in [5.41, 5.74) is 6.40. The van der Waals surface area contributed by atoms with E-state index >= 15 is 0 Å². The topological polar surface area (TPSA) is 115 Å². The number of ether oxygens (including phenoxy) is 2. The van der Waals surface area contributed by atoms with Gasteiger partial charge in [-0.2, -0.15) is 0 Å². The molecule has 3 N–H and O–H groups in total. The second kappa shape index (κ2) is 11.9. The van der Waals surface area contributed by atoms with Gasteiger partial charge in [0.15, 0.2) is 5.71 Å². The van der Waals surface area contributed by atoms with Gasteiger partial charge < -0.3 is 25.4 Å². The van der Waals surface area contributed by atoms with Crippen molar-refractivity contribution in [2.24, 2.45) is 10.9 Å². The number of hydrogen-bond donors (Lipinski definition) is 2. The summed E-state index contributed by atoms with van der Waals surface area (Å²) in [7, 11) is 1.38. The van der Waals surface area contributed by atoms with Gasteiger partial charge in [0.25, 0.3) is 11.8 Å². The summed E-state index contributed by atoms with van der Waals surface area (Å²) in [5.74, 6) is -0.396. The first kappa shape index (κ1) is 27.6. The summed E-state index contributed by atoms with van der Waals surface area (Å²) in [6, 6.07) is 13.1. The number of rotatable bonds is 9. The fraction of sp³-hybridized carbons (Fsp3) is 0.393. The molecule has 1 aliphatic rings. The average molecular weight is 539 g/mol. The number of benzene rings is 2.